The minimum Gasteiger partial charge on any atom is -0.348 e. The van der Waals surface area contributed by atoms with Gasteiger partial charge in [0.05, 0.1) is 0 Å². The largest absolute Gasteiger partial charge is 0.348 e. The maximum Gasteiger partial charge on any atom is 0.263 e. The predicted octanol–water partition coefficient (Wildman–Crippen LogP) is 4.38. The Labute approximate surface area is 168 Å². The number of aromatic nitrogens is 1. The summed E-state index contributed by atoms with van der Waals surface area (Å²) < 4.78 is 0.875. The normalized spacial score (nSPS) is 32.6. The molecule has 4 fully saturated rings. The van der Waals surface area contributed by atoms with Gasteiger partial charge in [0, 0.05) is 22.9 Å². The van der Waals surface area contributed by atoms with Gasteiger partial charge < -0.3 is 10.6 Å². The molecule has 4 aliphatic rings. The average molecular weight is 429 g/mol. The van der Waals surface area contributed by atoms with Crippen LogP contribution in [0, 0.1) is 34.5 Å². The van der Waals surface area contributed by atoms with Crippen LogP contribution in [-0.2, 0) is 4.79 Å². The number of nitrogens with zero attached hydrogens (tertiary/aromatic N) is 2. The highest BCUT2D eigenvalue weighted by molar-refractivity contribution is 9.10. The Morgan fingerprint density at radius 1 is 1.30 bits per heavy atom. The molecule has 0 spiro atoms. The van der Waals surface area contributed by atoms with Crippen molar-refractivity contribution in [2.24, 2.45) is 23.2 Å². The summed E-state index contributed by atoms with van der Waals surface area (Å²) in [6.07, 6.45) is 10.9. The molecule has 5 nitrogen and oxygen atoms in total. The Kier molecular flexibility index (Phi) is 4.98. The molecule has 1 unspecified atom stereocenters. The van der Waals surface area contributed by atoms with Gasteiger partial charge in [-0.25, -0.2) is 4.98 Å². The van der Waals surface area contributed by atoms with E-state index in [9.17, 15) is 10.1 Å². The molecule has 1 atom stereocenters. The molecular weight excluding hydrogens is 404 g/mol. The lowest BCUT2D eigenvalue weighted by molar-refractivity contribution is -0.122. The summed E-state index contributed by atoms with van der Waals surface area (Å²) in [5.41, 5.74) is 0.308. The minimum atomic E-state index is -0.301. The standard InChI is InChI=1S/C21H25BrN4O/c1-13(21-7-14-4-15(8-21)6-16(5-14)9-21)26-20(27)17(10-23)11-24-19-3-2-18(22)12-25-19/h2-3,11-16H,4-9H2,1H3,(H,24,25)(H,26,27)/b17-11-. The fourth-order valence-corrected chi connectivity index (χ4v) is 6.13. The van der Waals surface area contributed by atoms with Crippen LogP contribution >= 0.6 is 15.9 Å². The lowest BCUT2D eigenvalue weighted by Gasteiger charge is -2.59. The molecule has 0 aromatic carbocycles. The lowest BCUT2D eigenvalue weighted by atomic mass is 9.48. The van der Waals surface area contributed by atoms with Gasteiger partial charge in [-0.1, -0.05) is 0 Å². The fraction of sp³-hybridized carbons (Fsp3) is 0.571. The molecule has 0 saturated heterocycles. The van der Waals surface area contributed by atoms with Crippen molar-refractivity contribution >= 4 is 27.7 Å². The summed E-state index contributed by atoms with van der Waals surface area (Å²) in [4.78, 5) is 16.9. The van der Waals surface area contributed by atoms with Crippen LogP contribution < -0.4 is 10.6 Å². The number of rotatable bonds is 5. The van der Waals surface area contributed by atoms with Gasteiger partial charge >= 0.3 is 0 Å². The van der Waals surface area contributed by atoms with E-state index in [1.54, 1.807) is 12.3 Å². The van der Waals surface area contributed by atoms with Gasteiger partial charge in [0.15, 0.2) is 0 Å². The van der Waals surface area contributed by atoms with E-state index in [-0.39, 0.29) is 22.9 Å². The van der Waals surface area contributed by atoms with Crippen LogP contribution in [0.4, 0.5) is 5.82 Å². The molecule has 0 aliphatic heterocycles. The highest BCUT2D eigenvalue weighted by Gasteiger charge is 2.53. The molecule has 0 radical (unpaired) electrons. The Hall–Kier alpha value is -1.87. The Morgan fingerprint density at radius 3 is 2.44 bits per heavy atom. The van der Waals surface area contributed by atoms with E-state index in [2.05, 4.69) is 38.5 Å². The molecule has 142 valence electrons. The SMILES string of the molecule is CC(NC(=O)/C(C#N)=C\Nc1ccc(Br)cn1)C12CC3CC(CC(C3)C1)C2. The van der Waals surface area contributed by atoms with Gasteiger partial charge in [0.25, 0.3) is 5.91 Å². The number of amides is 1. The van der Waals surface area contributed by atoms with Crippen molar-refractivity contribution in [2.75, 3.05) is 5.32 Å². The van der Waals surface area contributed by atoms with Crippen molar-refractivity contribution in [2.45, 2.75) is 51.5 Å². The van der Waals surface area contributed by atoms with Crippen LogP contribution in [0.25, 0.3) is 0 Å². The second-order valence-electron chi connectivity index (χ2n) is 8.65. The highest BCUT2D eigenvalue weighted by atomic mass is 79.9. The van der Waals surface area contributed by atoms with Crippen LogP contribution in [0.2, 0.25) is 0 Å². The van der Waals surface area contributed by atoms with Crippen molar-refractivity contribution in [1.82, 2.24) is 10.3 Å². The number of pyridine rings is 1. The molecule has 5 rings (SSSR count). The lowest BCUT2D eigenvalue weighted by Crippen LogP contribution is -2.56. The smallest absolute Gasteiger partial charge is 0.263 e. The third kappa shape index (κ3) is 3.75. The first-order valence-electron chi connectivity index (χ1n) is 9.76. The van der Waals surface area contributed by atoms with Crippen molar-refractivity contribution in [3.05, 3.63) is 34.6 Å². The van der Waals surface area contributed by atoms with E-state index in [1.807, 2.05) is 12.1 Å². The minimum absolute atomic E-state index is 0.0799. The number of halogens is 1. The van der Waals surface area contributed by atoms with Crippen molar-refractivity contribution in [1.29, 1.82) is 5.26 Å². The maximum absolute atomic E-state index is 12.7. The monoisotopic (exact) mass is 428 g/mol. The molecular formula is C21H25BrN4O. The topological polar surface area (TPSA) is 77.8 Å². The number of carbonyl (C=O) groups excluding carboxylic acids is 1. The van der Waals surface area contributed by atoms with Gasteiger partial charge in [0.2, 0.25) is 0 Å². The van der Waals surface area contributed by atoms with Gasteiger partial charge in [-0.05, 0) is 96.7 Å². The number of anilines is 1. The second-order valence-corrected chi connectivity index (χ2v) is 9.57. The van der Waals surface area contributed by atoms with E-state index >= 15 is 0 Å². The molecule has 4 bridgehead atoms. The van der Waals surface area contributed by atoms with Crippen molar-refractivity contribution in [3.8, 4) is 6.07 Å². The number of nitriles is 1. The molecule has 6 heteroatoms. The van der Waals surface area contributed by atoms with Crippen LogP contribution in [0.15, 0.2) is 34.6 Å². The quantitative estimate of drug-likeness (QED) is 0.538. The predicted molar refractivity (Wildman–Crippen MR) is 107 cm³/mol. The summed E-state index contributed by atoms with van der Waals surface area (Å²) in [7, 11) is 0. The summed E-state index contributed by atoms with van der Waals surface area (Å²) in [6.45, 7) is 2.13. The van der Waals surface area contributed by atoms with E-state index in [1.165, 1.54) is 44.7 Å². The van der Waals surface area contributed by atoms with Crippen LogP contribution in [0.3, 0.4) is 0 Å². The molecule has 27 heavy (non-hydrogen) atoms. The molecule has 1 aromatic heterocycles. The number of hydrogen-bond donors (Lipinski definition) is 2. The summed E-state index contributed by atoms with van der Waals surface area (Å²) in [5.74, 6) is 2.81. The van der Waals surface area contributed by atoms with Gasteiger partial charge in [-0.3, -0.25) is 4.79 Å². The molecule has 1 heterocycles. The number of hydrogen-bond acceptors (Lipinski definition) is 4. The van der Waals surface area contributed by atoms with Crippen LogP contribution in [-0.4, -0.2) is 16.9 Å². The first kappa shape index (κ1) is 18.5. The fourth-order valence-electron chi connectivity index (χ4n) is 5.89. The Bertz CT molecular complexity index is 760. The van der Waals surface area contributed by atoms with Gasteiger partial charge in [-0.2, -0.15) is 5.26 Å². The first-order chi connectivity index (χ1) is 13.0. The molecule has 4 saturated carbocycles. The summed E-state index contributed by atoms with van der Waals surface area (Å²) >= 11 is 3.33. The first-order valence-corrected chi connectivity index (χ1v) is 10.6. The molecule has 1 amide bonds. The zero-order chi connectivity index (χ0) is 19.0. The zero-order valence-corrected chi connectivity index (χ0v) is 17.1. The van der Waals surface area contributed by atoms with E-state index in [4.69, 9.17) is 0 Å². The van der Waals surface area contributed by atoms with Gasteiger partial charge in [-0.15, -0.1) is 0 Å². The second kappa shape index (κ2) is 7.27. The van der Waals surface area contributed by atoms with Crippen molar-refractivity contribution in [3.63, 3.8) is 0 Å². The van der Waals surface area contributed by atoms with E-state index in [0.29, 0.717) is 5.82 Å². The van der Waals surface area contributed by atoms with Crippen LogP contribution in [0.5, 0.6) is 0 Å². The van der Waals surface area contributed by atoms with E-state index < -0.39 is 0 Å². The zero-order valence-electron chi connectivity index (χ0n) is 15.5. The average Bonchev–Trinajstić information content (AvgIpc) is 2.62. The third-order valence-corrected chi connectivity index (χ3v) is 7.28. The van der Waals surface area contributed by atoms with Crippen molar-refractivity contribution < 1.29 is 4.79 Å². The van der Waals surface area contributed by atoms with Crippen LogP contribution in [0.1, 0.15) is 45.4 Å². The summed E-state index contributed by atoms with van der Waals surface area (Å²) in [5, 5.41) is 15.5. The number of carbonyl (C=O) groups is 1. The third-order valence-electron chi connectivity index (χ3n) is 6.81. The van der Waals surface area contributed by atoms with Gasteiger partial charge in [0.1, 0.15) is 17.5 Å². The Balaban J connectivity index is 1.42. The Morgan fingerprint density at radius 2 is 1.93 bits per heavy atom. The maximum atomic E-state index is 12.7. The molecule has 2 N–H and O–H groups in total. The summed E-state index contributed by atoms with van der Waals surface area (Å²) in [6, 6.07) is 5.75. The molecule has 1 aromatic rings. The number of nitrogens with one attached hydrogen (secondary N) is 2. The molecule has 4 aliphatic carbocycles. The van der Waals surface area contributed by atoms with E-state index in [0.717, 1.165) is 22.2 Å². The highest BCUT2D eigenvalue weighted by Crippen LogP contribution is 2.61.